The van der Waals surface area contributed by atoms with Gasteiger partial charge in [0.2, 0.25) is 0 Å². The first kappa shape index (κ1) is 23.6. The summed E-state index contributed by atoms with van der Waals surface area (Å²) in [6.07, 6.45) is 4.35. The van der Waals surface area contributed by atoms with Crippen LogP contribution in [-0.2, 0) is 11.3 Å². The molecule has 4 rings (SSSR count). The number of piperidine rings is 1. The Morgan fingerprint density at radius 2 is 1.85 bits per heavy atom. The van der Waals surface area contributed by atoms with E-state index in [1.54, 1.807) is 23.4 Å². The van der Waals surface area contributed by atoms with Gasteiger partial charge < -0.3 is 19.4 Å². The van der Waals surface area contributed by atoms with E-state index in [9.17, 15) is 9.59 Å². The number of rotatable bonds is 5. The minimum Gasteiger partial charge on any atom is -0.467 e. The summed E-state index contributed by atoms with van der Waals surface area (Å²) in [6, 6.07) is 11.7. The molecule has 1 N–H and O–H groups in total. The predicted octanol–water partition coefficient (Wildman–Crippen LogP) is 4.82. The molecule has 1 aliphatic rings. The van der Waals surface area contributed by atoms with Crippen LogP contribution < -0.4 is 5.32 Å². The molecule has 1 fully saturated rings. The van der Waals surface area contributed by atoms with E-state index in [-0.39, 0.29) is 17.9 Å². The Hall–Kier alpha value is -3.55. The molecule has 2 amide bonds. The van der Waals surface area contributed by atoms with Crippen LogP contribution in [0.3, 0.4) is 0 Å². The fourth-order valence-corrected chi connectivity index (χ4v) is 4.16. The topological polar surface area (TPSA) is 89.6 Å². The van der Waals surface area contributed by atoms with Crippen LogP contribution in [0.15, 0.2) is 53.3 Å². The van der Waals surface area contributed by atoms with E-state index >= 15 is 0 Å². The molecule has 34 heavy (non-hydrogen) atoms. The van der Waals surface area contributed by atoms with E-state index < -0.39 is 5.60 Å². The number of hydrogen-bond donors (Lipinski definition) is 1. The highest BCUT2D eigenvalue weighted by atomic mass is 16.6. The molecular formula is C26H32N4O4. The summed E-state index contributed by atoms with van der Waals surface area (Å²) in [5.74, 6) is 0.567. The van der Waals surface area contributed by atoms with Gasteiger partial charge in [-0.25, -0.2) is 9.48 Å². The SMILES string of the molecule is Cc1ccc(-n2ncc(C(=O)NCc3ccco3)c2C2CCN(C(=O)OC(C)(C)C)CC2)cc1. The molecule has 0 bridgehead atoms. The number of carbonyl (C=O) groups excluding carboxylic acids is 2. The maximum atomic E-state index is 13.1. The second-order valence-electron chi connectivity index (χ2n) is 9.69. The van der Waals surface area contributed by atoms with E-state index in [0.717, 1.165) is 29.8 Å². The standard InChI is InChI=1S/C26H32N4O4/c1-18-7-9-20(10-8-18)30-23(19-11-13-29(14-12-19)25(32)34-26(2,3)4)22(17-28-30)24(31)27-16-21-6-5-15-33-21/h5-10,15,17,19H,11-14,16H2,1-4H3,(H,27,31). The number of aromatic nitrogens is 2. The molecule has 0 atom stereocenters. The minimum atomic E-state index is -0.531. The lowest BCUT2D eigenvalue weighted by molar-refractivity contribution is 0.0203. The highest BCUT2D eigenvalue weighted by Crippen LogP contribution is 2.33. The van der Waals surface area contributed by atoms with Crippen LogP contribution in [0.5, 0.6) is 0 Å². The number of furan rings is 1. The lowest BCUT2D eigenvalue weighted by Gasteiger charge is -2.34. The molecule has 8 heteroatoms. The summed E-state index contributed by atoms with van der Waals surface area (Å²) >= 11 is 0. The summed E-state index contributed by atoms with van der Waals surface area (Å²) in [4.78, 5) is 27.4. The molecule has 180 valence electrons. The number of amides is 2. The number of benzene rings is 1. The van der Waals surface area contributed by atoms with Crippen molar-refractivity contribution >= 4 is 12.0 Å². The molecule has 8 nitrogen and oxygen atoms in total. The van der Waals surface area contributed by atoms with Crippen LogP contribution in [0.4, 0.5) is 4.79 Å². The predicted molar refractivity (Wildman–Crippen MR) is 128 cm³/mol. The Morgan fingerprint density at radius 1 is 1.15 bits per heavy atom. The number of aryl methyl sites for hydroxylation is 1. The molecule has 0 spiro atoms. The Bertz CT molecular complexity index is 1120. The number of likely N-dealkylation sites (tertiary alicyclic amines) is 1. The van der Waals surface area contributed by atoms with Crippen molar-refractivity contribution < 1.29 is 18.7 Å². The summed E-state index contributed by atoms with van der Waals surface area (Å²) in [5.41, 5.74) is 2.93. The van der Waals surface area contributed by atoms with Gasteiger partial charge in [0.05, 0.1) is 35.9 Å². The van der Waals surface area contributed by atoms with E-state index in [2.05, 4.69) is 10.4 Å². The molecule has 0 unspecified atom stereocenters. The fraction of sp³-hybridized carbons (Fsp3) is 0.423. The van der Waals surface area contributed by atoms with Crippen LogP contribution in [0.1, 0.15) is 66.9 Å². The summed E-state index contributed by atoms with van der Waals surface area (Å²) in [7, 11) is 0. The van der Waals surface area contributed by atoms with Crippen LogP contribution in [0.25, 0.3) is 5.69 Å². The zero-order valence-electron chi connectivity index (χ0n) is 20.2. The first-order chi connectivity index (χ1) is 16.2. The van der Waals surface area contributed by atoms with Crippen LogP contribution >= 0.6 is 0 Å². The van der Waals surface area contributed by atoms with Gasteiger partial charge in [-0.3, -0.25) is 4.79 Å². The van der Waals surface area contributed by atoms with Gasteiger partial charge in [0.15, 0.2) is 0 Å². The molecule has 1 aliphatic heterocycles. The lowest BCUT2D eigenvalue weighted by Crippen LogP contribution is -2.41. The van der Waals surface area contributed by atoms with Crippen molar-refractivity contribution in [3.63, 3.8) is 0 Å². The number of carbonyl (C=O) groups is 2. The second kappa shape index (κ2) is 9.75. The third kappa shape index (κ3) is 5.50. The van der Waals surface area contributed by atoms with Crippen LogP contribution in [-0.4, -0.2) is 45.4 Å². The summed E-state index contributed by atoms with van der Waals surface area (Å²) in [5, 5.41) is 7.52. The Labute approximate surface area is 199 Å². The third-order valence-electron chi connectivity index (χ3n) is 5.87. The van der Waals surface area contributed by atoms with Gasteiger partial charge in [-0.05, 0) is 64.8 Å². The third-order valence-corrected chi connectivity index (χ3v) is 5.87. The molecule has 2 aromatic heterocycles. The highest BCUT2D eigenvalue weighted by molar-refractivity contribution is 5.95. The van der Waals surface area contributed by atoms with Gasteiger partial charge in [0.25, 0.3) is 5.91 Å². The first-order valence-corrected chi connectivity index (χ1v) is 11.6. The van der Waals surface area contributed by atoms with Gasteiger partial charge in [-0.1, -0.05) is 17.7 Å². The Balaban J connectivity index is 1.56. The van der Waals surface area contributed by atoms with Crippen molar-refractivity contribution in [2.24, 2.45) is 0 Å². The van der Waals surface area contributed by atoms with E-state index in [4.69, 9.17) is 9.15 Å². The van der Waals surface area contributed by atoms with E-state index in [1.807, 2.05) is 62.7 Å². The van der Waals surface area contributed by atoms with Crippen molar-refractivity contribution in [1.82, 2.24) is 20.0 Å². The smallest absolute Gasteiger partial charge is 0.410 e. The average Bonchev–Trinajstić information content (AvgIpc) is 3.47. The van der Waals surface area contributed by atoms with Crippen molar-refractivity contribution in [1.29, 1.82) is 0 Å². The average molecular weight is 465 g/mol. The molecule has 3 aromatic rings. The Morgan fingerprint density at radius 3 is 2.47 bits per heavy atom. The van der Waals surface area contributed by atoms with Crippen molar-refractivity contribution in [3.8, 4) is 5.69 Å². The quantitative estimate of drug-likeness (QED) is 0.585. The van der Waals surface area contributed by atoms with Crippen LogP contribution in [0, 0.1) is 6.92 Å². The van der Waals surface area contributed by atoms with Crippen molar-refractivity contribution in [3.05, 3.63) is 71.4 Å². The highest BCUT2D eigenvalue weighted by Gasteiger charge is 2.32. The normalized spacial score (nSPS) is 14.8. The molecular weight excluding hydrogens is 432 g/mol. The minimum absolute atomic E-state index is 0.0758. The monoisotopic (exact) mass is 464 g/mol. The van der Waals surface area contributed by atoms with Gasteiger partial charge in [-0.2, -0.15) is 5.10 Å². The second-order valence-corrected chi connectivity index (χ2v) is 9.69. The fourth-order valence-electron chi connectivity index (χ4n) is 4.16. The maximum absolute atomic E-state index is 13.1. The number of hydrogen-bond acceptors (Lipinski definition) is 5. The zero-order valence-corrected chi connectivity index (χ0v) is 20.2. The molecule has 0 saturated carbocycles. The summed E-state index contributed by atoms with van der Waals surface area (Å²) in [6.45, 7) is 9.06. The van der Waals surface area contributed by atoms with Crippen molar-refractivity contribution in [2.45, 2.75) is 58.6 Å². The van der Waals surface area contributed by atoms with Crippen molar-refractivity contribution in [2.75, 3.05) is 13.1 Å². The van der Waals surface area contributed by atoms with Gasteiger partial charge in [-0.15, -0.1) is 0 Å². The molecule has 1 saturated heterocycles. The molecule has 0 radical (unpaired) electrons. The molecule has 3 heterocycles. The Kier molecular flexibility index (Phi) is 6.77. The van der Waals surface area contributed by atoms with Crippen LogP contribution in [0.2, 0.25) is 0 Å². The lowest BCUT2D eigenvalue weighted by atomic mass is 9.91. The van der Waals surface area contributed by atoms with Gasteiger partial charge >= 0.3 is 6.09 Å². The largest absolute Gasteiger partial charge is 0.467 e. The number of nitrogens with one attached hydrogen (secondary N) is 1. The maximum Gasteiger partial charge on any atom is 0.410 e. The molecule has 0 aliphatic carbocycles. The molecule has 1 aromatic carbocycles. The first-order valence-electron chi connectivity index (χ1n) is 11.6. The number of ether oxygens (including phenoxy) is 1. The zero-order chi connectivity index (χ0) is 24.3. The van der Waals surface area contributed by atoms with E-state index in [1.165, 1.54) is 0 Å². The van der Waals surface area contributed by atoms with Gasteiger partial charge in [0.1, 0.15) is 11.4 Å². The van der Waals surface area contributed by atoms with E-state index in [0.29, 0.717) is 31.0 Å². The summed E-state index contributed by atoms with van der Waals surface area (Å²) < 4.78 is 12.7. The number of nitrogens with zero attached hydrogens (tertiary/aromatic N) is 3. The van der Waals surface area contributed by atoms with Gasteiger partial charge in [0, 0.05) is 19.0 Å².